The van der Waals surface area contributed by atoms with Gasteiger partial charge in [0.2, 0.25) is 0 Å². The zero-order valence-corrected chi connectivity index (χ0v) is 19.9. The van der Waals surface area contributed by atoms with Crippen LogP contribution >= 0.6 is 0 Å². The number of nitrogens with one attached hydrogen (secondary N) is 1. The summed E-state index contributed by atoms with van der Waals surface area (Å²) >= 11 is 0. The maximum atomic E-state index is 13.6. The molecule has 1 aromatic rings. The van der Waals surface area contributed by atoms with Gasteiger partial charge in [0.1, 0.15) is 0 Å². The molecule has 1 saturated heterocycles. The van der Waals surface area contributed by atoms with Crippen molar-refractivity contribution in [3.05, 3.63) is 28.8 Å². The maximum absolute atomic E-state index is 13.6. The van der Waals surface area contributed by atoms with E-state index in [1.807, 2.05) is 26.0 Å². The summed E-state index contributed by atoms with van der Waals surface area (Å²) in [6.07, 6.45) is 8.22. The Balaban J connectivity index is 0.00000261. The van der Waals surface area contributed by atoms with Gasteiger partial charge >= 0.3 is 0 Å². The molecular formula is C22H32N3OY+. The van der Waals surface area contributed by atoms with Crippen LogP contribution < -0.4 is 5.32 Å². The number of carbonyl (C=O) groups excluding carboxylic acids is 1. The quantitative estimate of drug-likeness (QED) is 0.700. The molecule has 4 nitrogen and oxygen atoms in total. The van der Waals surface area contributed by atoms with Crippen LogP contribution in [0.2, 0.25) is 0 Å². The molecule has 2 aliphatic rings. The molecule has 3 rings (SSSR count). The number of hydrogen-bond acceptors (Lipinski definition) is 2. The van der Waals surface area contributed by atoms with Gasteiger partial charge in [0.15, 0.2) is 5.54 Å². The van der Waals surface area contributed by atoms with E-state index in [1.54, 1.807) is 0 Å². The molecular weight excluding hydrogens is 411 g/mol. The zero-order valence-electron chi connectivity index (χ0n) is 17.1. The van der Waals surface area contributed by atoms with Crippen molar-refractivity contribution in [3.63, 3.8) is 0 Å². The Morgan fingerprint density at radius 3 is 2.07 bits per heavy atom. The third-order valence-corrected chi connectivity index (χ3v) is 6.94. The van der Waals surface area contributed by atoms with E-state index in [-0.39, 0.29) is 44.2 Å². The summed E-state index contributed by atoms with van der Waals surface area (Å²) in [5.74, 6) is 0.198. The zero-order chi connectivity index (χ0) is 18.8. The second kappa shape index (κ2) is 9.16. The molecule has 0 unspecified atom stereocenters. The van der Waals surface area contributed by atoms with Crippen LogP contribution in [0.5, 0.6) is 0 Å². The molecule has 0 aromatic heterocycles. The first-order valence-corrected chi connectivity index (χ1v) is 10.2. The van der Waals surface area contributed by atoms with Crippen LogP contribution in [0.4, 0.5) is 5.69 Å². The normalized spacial score (nSPS) is 20.4. The molecule has 1 amide bonds. The number of quaternary nitrogens is 1. The van der Waals surface area contributed by atoms with Gasteiger partial charge in [-0.1, -0.05) is 0 Å². The number of rotatable bonds is 4. The first kappa shape index (κ1) is 22.5. The van der Waals surface area contributed by atoms with Crippen molar-refractivity contribution in [1.29, 1.82) is 5.26 Å². The van der Waals surface area contributed by atoms with Crippen molar-refractivity contribution < 1.29 is 42.0 Å². The van der Waals surface area contributed by atoms with E-state index in [1.165, 1.54) is 25.7 Å². The van der Waals surface area contributed by atoms with Crippen molar-refractivity contribution in [2.75, 3.05) is 25.0 Å². The van der Waals surface area contributed by atoms with Crippen molar-refractivity contribution in [2.24, 2.45) is 0 Å². The van der Waals surface area contributed by atoms with Crippen LogP contribution in [0.15, 0.2) is 12.1 Å². The summed E-state index contributed by atoms with van der Waals surface area (Å²) in [5.41, 5.74) is 3.24. The Labute approximate surface area is 189 Å². The number of hydrogen-bond donors (Lipinski definition) is 1. The second-order valence-corrected chi connectivity index (χ2v) is 8.26. The third kappa shape index (κ3) is 4.02. The van der Waals surface area contributed by atoms with Crippen LogP contribution in [0.1, 0.15) is 68.6 Å². The van der Waals surface area contributed by atoms with E-state index in [0.717, 1.165) is 60.2 Å². The molecule has 1 heterocycles. The number of anilines is 1. The van der Waals surface area contributed by atoms with Crippen molar-refractivity contribution in [1.82, 2.24) is 0 Å². The van der Waals surface area contributed by atoms with Gasteiger partial charge in [0.25, 0.3) is 5.91 Å². The van der Waals surface area contributed by atoms with Gasteiger partial charge in [0, 0.05) is 51.2 Å². The predicted molar refractivity (Wildman–Crippen MR) is 105 cm³/mol. The number of amides is 1. The van der Waals surface area contributed by atoms with Gasteiger partial charge in [-0.15, -0.1) is 0 Å². The second-order valence-electron chi connectivity index (χ2n) is 8.26. The first-order valence-electron chi connectivity index (χ1n) is 10.2. The van der Waals surface area contributed by atoms with Gasteiger partial charge < -0.3 is 9.80 Å². The summed E-state index contributed by atoms with van der Waals surface area (Å²) in [7, 11) is 0. The number of nitrogens with zero attached hydrogens (tertiary/aromatic N) is 2. The maximum Gasteiger partial charge on any atom is 0.285 e. The van der Waals surface area contributed by atoms with Gasteiger partial charge in [-0.05, 0) is 76.1 Å². The van der Waals surface area contributed by atoms with E-state index in [9.17, 15) is 4.79 Å². The average molecular weight is 443 g/mol. The molecule has 0 spiro atoms. The Kier molecular flexibility index (Phi) is 7.65. The number of likely N-dealkylation sites (N-methyl/N-ethyl adjacent to an activating group) is 1. The molecule has 27 heavy (non-hydrogen) atoms. The fraction of sp³-hybridized carbons (Fsp3) is 0.636. The molecule has 1 radical (unpaired) electrons. The number of carbonyl (C=O) groups is 1. The molecule has 143 valence electrons. The average Bonchev–Trinajstić information content (AvgIpc) is 2.83. The van der Waals surface area contributed by atoms with Crippen LogP contribution in [-0.4, -0.2) is 35.6 Å². The van der Waals surface area contributed by atoms with E-state index in [4.69, 9.17) is 5.26 Å². The summed E-state index contributed by atoms with van der Waals surface area (Å²) in [4.78, 5) is 13.6. The Hall–Kier alpha value is -0.756. The number of nitriles is 1. The molecule has 2 fully saturated rings. The summed E-state index contributed by atoms with van der Waals surface area (Å²) < 4.78 is 0.965. The molecule has 5 heteroatoms. The van der Waals surface area contributed by atoms with Crippen molar-refractivity contribution in [2.45, 2.75) is 71.3 Å². The smallest absolute Gasteiger partial charge is 0.285 e. The minimum atomic E-state index is -0.258. The van der Waals surface area contributed by atoms with Crippen LogP contribution in [-0.2, 0) is 37.5 Å². The first-order chi connectivity index (χ1) is 12.5. The SMILES string of the molecule is CC[N+]1(C2(C(=O)Nc3c(C)cc(C#N)cc3C)CCC2)CCCCCC1.[Y]. The molecule has 1 saturated carbocycles. The summed E-state index contributed by atoms with van der Waals surface area (Å²) in [5, 5.41) is 12.4. The van der Waals surface area contributed by atoms with E-state index in [2.05, 4.69) is 18.3 Å². The standard InChI is InChI=1S/C22H31N3O.Y/c1-4-25(12-7-5-6-8-13-25)22(10-9-11-22)21(26)24-20-17(2)14-19(16-23)15-18(20)3;/h14-15H,4-13H2,1-3H3;/p+1. The van der Waals surface area contributed by atoms with E-state index in [0.29, 0.717) is 5.56 Å². The Morgan fingerprint density at radius 2 is 1.67 bits per heavy atom. The number of benzene rings is 1. The summed E-state index contributed by atoms with van der Waals surface area (Å²) in [6.45, 7) is 9.53. The Morgan fingerprint density at radius 1 is 1.11 bits per heavy atom. The topological polar surface area (TPSA) is 52.9 Å². The molecule has 1 aliphatic carbocycles. The van der Waals surface area contributed by atoms with E-state index < -0.39 is 0 Å². The molecule has 0 bridgehead atoms. The fourth-order valence-corrected chi connectivity index (χ4v) is 5.22. The van der Waals surface area contributed by atoms with Gasteiger partial charge in [-0.25, -0.2) is 0 Å². The van der Waals surface area contributed by atoms with Crippen molar-refractivity contribution >= 4 is 11.6 Å². The number of likely N-dealkylation sites (tertiary alicyclic amines) is 1. The monoisotopic (exact) mass is 443 g/mol. The van der Waals surface area contributed by atoms with Crippen LogP contribution in [0.25, 0.3) is 0 Å². The Bertz CT molecular complexity index is 703. The summed E-state index contributed by atoms with van der Waals surface area (Å²) in [6, 6.07) is 5.93. The molecule has 0 atom stereocenters. The fourth-order valence-electron chi connectivity index (χ4n) is 5.22. The van der Waals surface area contributed by atoms with E-state index >= 15 is 0 Å². The molecule has 1 aliphatic heterocycles. The minimum absolute atomic E-state index is 0. The number of aryl methyl sites for hydroxylation is 2. The van der Waals surface area contributed by atoms with Crippen LogP contribution in [0.3, 0.4) is 0 Å². The van der Waals surface area contributed by atoms with Crippen LogP contribution in [0, 0.1) is 25.2 Å². The molecule has 1 N–H and O–H groups in total. The van der Waals surface area contributed by atoms with Gasteiger partial charge in [-0.3, -0.25) is 4.79 Å². The molecule has 1 aromatic carbocycles. The predicted octanol–water partition coefficient (Wildman–Crippen LogP) is 4.44. The van der Waals surface area contributed by atoms with Gasteiger partial charge in [-0.2, -0.15) is 5.26 Å². The van der Waals surface area contributed by atoms with Gasteiger partial charge in [0.05, 0.1) is 31.3 Å². The van der Waals surface area contributed by atoms with Crippen molar-refractivity contribution in [3.8, 4) is 6.07 Å². The largest absolute Gasteiger partial charge is 0.320 e. The minimum Gasteiger partial charge on any atom is -0.320 e. The third-order valence-electron chi connectivity index (χ3n) is 6.94.